The summed E-state index contributed by atoms with van der Waals surface area (Å²) >= 11 is 0. The van der Waals surface area contributed by atoms with E-state index >= 15 is 0 Å². The number of nitrogens with zero attached hydrogens (tertiary/aromatic N) is 1. The molecule has 1 rings (SSSR count). The predicted molar refractivity (Wildman–Crippen MR) is 123 cm³/mol. The van der Waals surface area contributed by atoms with Gasteiger partial charge in [-0.1, -0.05) is 29.8 Å². The highest BCUT2D eigenvalue weighted by molar-refractivity contribution is 5.91. The van der Waals surface area contributed by atoms with Crippen LogP contribution in [0.25, 0.3) is 0 Å². The maximum atomic E-state index is 13.3. The number of aryl methyl sites for hydroxylation is 2. The van der Waals surface area contributed by atoms with Gasteiger partial charge in [-0.3, -0.25) is 9.59 Å². The molecule has 31 heavy (non-hydrogen) atoms. The Morgan fingerprint density at radius 2 is 1.74 bits per heavy atom. The molecule has 2 N–H and O–H groups in total. The number of hydrogen-bond acceptors (Lipinski definition) is 4. The fraction of sp³-hybridized carbons (Fsp3) is 0.542. The smallest absolute Gasteiger partial charge is 0.408 e. The van der Waals surface area contributed by atoms with Crippen molar-refractivity contribution in [3.8, 4) is 0 Å². The SMILES string of the molecule is C=CCN(C(=O)CNC(=O)OC(C)(C)C)C(C(=O)NC(C)(C)C)c1ccc(C)cc1C. The molecule has 3 amide bonds. The molecule has 0 aliphatic heterocycles. The molecule has 0 aliphatic rings. The zero-order valence-corrected chi connectivity index (χ0v) is 20.1. The van der Waals surface area contributed by atoms with Crippen LogP contribution in [0.1, 0.15) is 64.3 Å². The van der Waals surface area contributed by atoms with Crippen molar-refractivity contribution in [3.05, 3.63) is 47.5 Å². The first kappa shape index (κ1) is 26.2. The van der Waals surface area contributed by atoms with Crippen molar-refractivity contribution in [2.75, 3.05) is 13.1 Å². The van der Waals surface area contributed by atoms with Gasteiger partial charge in [0.25, 0.3) is 0 Å². The molecular formula is C24H37N3O4. The third-order valence-electron chi connectivity index (χ3n) is 4.21. The molecular weight excluding hydrogens is 394 g/mol. The minimum absolute atomic E-state index is 0.143. The molecule has 0 spiro atoms. The minimum Gasteiger partial charge on any atom is -0.444 e. The highest BCUT2D eigenvalue weighted by atomic mass is 16.6. The maximum absolute atomic E-state index is 13.3. The molecule has 1 aromatic carbocycles. The van der Waals surface area contributed by atoms with Crippen LogP contribution in [0.2, 0.25) is 0 Å². The van der Waals surface area contributed by atoms with Gasteiger partial charge in [0.15, 0.2) is 0 Å². The Labute approximate surface area is 186 Å². The number of carbonyl (C=O) groups excluding carboxylic acids is 3. The minimum atomic E-state index is -0.870. The molecule has 0 fully saturated rings. The molecule has 0 saturated heterocycles. The van der Waals surface area contributed by atoms with Crippen molar-refractivity contribution in [2.24, 2.45) is 0 Å². The first-order valence-corrected chi connectivity index (χ1v) is 10.4. The molecule has 0 aliphatic carbocycles. The number of rotatable bonds is 7. The Balaban J connectivity index is 3.25. The van der Waals surface area contributed by atoms with Gasteiger partial charge in [0.2, 0.25) is 11.8 Å². The lowest BCUT2D eigenvalue weighted by Crippen LogP contribution is -2.51. The summed E-state index contributed by atoms with van der Waals surface area (Å²) in [4.78, 5) is 39.8. The summed E-state index contributed by atoms with van der Waals surface area (Å²) in [7, 11) is 0. The normalized spacial score (nSPS) is 12.5. The monoisotopic (exact) mass is 431 g/mol. The van der Waals surface area contributed by atoms with E-state index in [-0.39, 0.29) is 19.0 Å². The Kier molecular flexibility index (Phi) is 8.85. The molecule has 1 atom stereocenters. The fourth-order valence-electron chi connectivity index (χ4n) is 3.07. The highest BCUT2D eigenvalue weighted by Crippen LogP contribution is 2.26. The average Bonchev–Trinajstić information content (AvgIpc) is 2.58. The summed E-state index contributed by atoms with van der Waals surface area (Å²) in [6, 6.07) is 4.88. The zero-order chi connectivity index (χ0) is 24.0. The highest BCUT2D eigenvalue weighted by Gasteiger charge is 2.33. The van der Waals surface area contributed by atoms with E-state index in [1.165, 1.54) is 4.90 Å². The van der Waals surface area contributed by atoms with Crippen LogP contribution in [0.3, 0.4) is 0 Å². The third-order valence-corrected chi connectivity index (χ3v) is 4.21. The van der Waals surface area contributed by atoms with E-state index in [4.69, 9.17) is 4.74 Å². The number of amides is 3. The molecule has 0 aromatic heterocycles. The van der Waals surface area contributed by atoms with Crippen molar-refractivity contribution < 1.29 is 19.1 Å². The van der Waals surface area contributed by atoms with Gasteiger partial charge < -0.3 is 20.3 Å². The maximum Gasteiger partial charge on any atom is 0.408 e. The first-order valence-electron chi connectivity index (χ1n) is 10.4. The quantitative estimate of drug-likeness (QED) is 0.643. The lowest BCUT2D eigenvalue weighted by atomic mass is 9.96. The zero-order valence-electron chi connectivity index (χ0n) is 20.1. The van der Waals surface area contributed by atoms with E-state index in [2.05, 4.69) is 17.2 Å². The van der Waals surface area contributed by atoms with Crippen LogP contribution in [0, 0.1) is 13.8 Å². The van der Waals surface area contributed by atoms with Crippen molar-refractivity contribution in [2.45, 2.75) is 72.6 Å². The molecule has 0 radical (unpaired) electrons. The van der Waals surface area contributed by atoms with Crippen LogP contribution in [0.4, 0.5) is 4.79 Å². The number of hydrogen-bond donors (Lipinski definition) is 2. The summed E-state index contributed by atoms with van der Waals surface area (Å²) in [5, 5.41) is 5.45. The van der Waals surface area contributed by atoms with Gasteiger partial charge in [0.1, 0.15) is 18.2 Å². The number of benzene rings is 1. The van der Waals surface area contributed by atoms with Crippen LogP contribution < -0.4 is 10.6 Å². The van der Waals surface area contributed by atoms with Gasteiger partial charge in [-0.15, -0.1) is 6.58 Å². The second-order valence-electron chi connectivity index (χ2n) is 9.69. The standard InChI is InChI=1S/C24H37N3O4/c1-10-13-27(19(28)15-25-22(30)31-24(7,8)9)20(21(29)26-23(4,5)6)18-12-11-16(2)14-17(18)3/h10-12,14,20H,1,13,15H2,2-9H3,(H,25,30)(H,26,29). The Morgan fingerprint density at radius 3 is 2.23 bits per heavy atom. The van der Waals surface area contributed by atoms with Crippen LogP contribution in [-0.2, 0) is 14.3 Å². The number of ether oxygens (including phenoxy) is 1. The summed E-state index contributed by atoms with van der Waals surface area (Å²) in [6.07, 6.45) is 0.869. The van der Waals surface area contributed by atoms with Gasteiger partial charge in [0, 0.05) is 12.1 Å². The van der Waals surface area contributed by atoms with Crippen molar-refractivity contribution >= 4 is 17.9 Å². The van der Waals surface area contributed by atoms with Crippen LogP contribution in [0.5, 0.6) is 0 Å². The van der Waals surface area contributed by atoms with E-state index in [9.17, 15) is 14.4 Å². The number of carbonyl (C=O) groups is 3. The van der Waals surface area contributed by atoms with E-state index < -0.39 is 29.2 Å². The van der Waals surface area contributed by atoms with Gasteiger partial charge in [0.05, 0.1) is 0 Å². The van der Waals surface area contributed by atoms with E-state index in [0.29, 0.717) is 0 Å². The van der Waals surface area contributed by atoms with Gasteiger partial charge in [-0.25, -0.2) is 4.79 Å². The predicted octanol–water partition coefficient (Wildman–Crippen LogP) is 3.80. The topological polar surface area (TPSA) is 87.7 Å². The lowest BCUT2D eigenvalue weighted by molar-refractivity contribution is -0.140. The third kappa shape index (κ3) is 8.82. The molecule has 0 heterocycles. The van der Waals surface area contributed by atoms with Crippen LogP contribution >= 0.6 is 0 Å². The van der Waals surface area contributed by atoms with Gasteiger partial charge >= 0.3 is 6.09 Å². The average molecular weight is 432 g/mol. The Hall–Kier alpha value is -2.83. The lowest BCUT2D eigenvalue weighted by Gasteiger charge is -2.34. The second-order valence-corrected chi connectivity index (χ2v) is 9.69. The van der Waals surface area contributed by atoms with Crippen molar-refractivity contribution in [1.82, 2.24) is 15.5 Å². The molecule has 1 aromatic rings. The number of nitrogens with one attached hydrogen (secondary N) is 2. The molecule has 0 bridgehead atoms. The van der Waals surface area contributed by atoms with Crippen molar-refractivity contribution in [3.63, 3.8) is 0 Å². The summed E-state index contributed by atoms with van der Waals surface area (Å²) in [5.41, 5.74) is 1.52. The molecule has 7 heteroatoms. The molecule has 0 saturated carbocycles. The summed E-state index contributed by atoms with van der Waals surface area (Å²) < 4.78 is 5.20. The molecule has 172 valence electrons. The van der Waals surface area contributed by atoms with Gasteiger partial charge in [-0.05, 0) is 66.5 Å². The summed E-state index contributed by atoms with van der Waals surface area (Å²) in [5.74, 6) is -0.716. The Bertz CT molecular complexity index is 819. The summed E-state index contributed by atoms with van der Waals surface area (Å²) in [6.45, 7) is 18.3. The van der Waals surface area contributed by atoms with Crippen LogP contribution in [0.15, 0.2) is 30.9 Å². The second kappa shape index (κ2) is 10.5. The largest absolute Gasteiger partial charge is 0.444 e. The van der Waals surface area contributed by atoms with Gasteiger partial charge in [-0.2, -0.15) is 0 Å². The fourth-order valence-corrected chi connectivity index (χ4v) is 3.07. The number of alkyl carbamates (subject to hydrolysis) is 1. The van der Waals surface area contributed by atoms with E-state index in [0.717, 1.165) is 16.7 Å². The van der Waals surface area contributed by atoms with Crippen molar-refractivity contribution in [1.29, 1.82) is 0 Å². The first-order chi connectivity index (χ1) is 14.1. The Morgan fingerprint density at radius 1 is 1.13 bits per heavy atom. The molecule has 1 unspecified atom stereocenters. The van der Waals surface area contributed by atoms with E-state index in [1.807, 2.05) is 52.8 Å². The van der Waals surface area contributed by atoms with Crippen LogP contribution in [-0.4, -0.2) is 47.0 Å². The molecule has 7 nitrogen and oxygen atoms in total. The van der Waals surface area contributed by atoms with E-state index in [1.54, 1.807) is 26.8 Å².